The molecule has 0 amide bonds. The van der Waals surface area contributed by atoms with Gasteiger partial charge in [0.1, 0.15) is 0 Å². The molecule has 0 radical (unpaired) electrons. The van der Waals surface area contributed by atoms with Crippen molar-refractivity contribution in [3.05, 3.63) is 0 Å². The molecule has 0 aromatic rings. The zero-order valence-corrected chi connectivity index (χ0v) is 13.6. The van der Waals surface area contributed by atoms with Crippen molar-refractivity contribution in [2.75, 3.05) is 0 Å². The Labute approximate surface area is 116 Å². The van der Waals surface area contributed by atoms with E-state index in [0.717, 1.165) is 12.1 Å². The van der Waals surface area contributed by atoms with Crippen LogP contribution in [0.1, 0.15) is 64.2 Å². The summed E-state index contributed by atoms with van der Waals surface area (Å²) in [5.74, 6) is 0. The maximum absolute atomic E-state index is 3.25. The quantitative estimate of drug-likeness (QED) is 0.704. The molecule has 2 saturated carbocycles. The summed E-state index contributed by atoms with van der Waals surface area (Å²) in [5.41, 5.74) is 0. The average Bonchev–Trinajstić information content (AvgIpc) is 2.31. The molecular weight excluding hydrogens is 328 g/mol. The van der Waals surface area contributed by atoms with Gasteiger partial charge < -0.3 is 0 Å². The van der Waals surface area contributed by atoms with Crippen molar-refractivity contribution in [1.29, 1.82) is 0 Å². The molecule has 2 fully saturated rings. The fourth-order valence-electron chi connectivity index (χ4n) is 3.33. The van der Waals surface area contributed by atoms with Crippen molar-refractivity contribution < 1.29 is 0 Å². The molecule has 0 bridgehead atoms. The van der Waals surface area contributed by atoms with Crippen LogP contribution in [-0.2, 0) is 0 Å². The van der Waals surface area contributed by atoms with Crippen LogP contribution in [0.4, 0.5) is 0 Å². The van der Waals surface area contributed by atoms with Gasteiger partial charge in [0, 0.05) is 0 Å². The summed E-state index contributed by atoms with van der Waals surface area (Å²) in [6, 6.07) is 1.66. The summed E-state index contributed by atoms with van der Waals surface area (Å²) >= 11 is 5.99. The van der Waals surface area contributed by atoms with Crippen LogP contribution in [0.3, 0.4) is 0 Å². The minimum absolute atomic E-state index is 0.830. The molecule has 3 heteroatoms. The van der Waals surface area contributed by atoms with Crippen LogP contribution in [0, 0.1) is 0 Å². The second kappa shape index (κ2) is 6.59. The van der Waals surface area contributed by atoms with Crippen LogP contribution < -0.4 is 0 Å². The molecule has 0 saturated heterocycles. The van der Waals surface area contributed by atoms with E-state index in [1.54, 1.807) is 0 Å². The van der Waals surface area contributed by atoms with E-state index in [1.807, 2.05) is 0 Å². The molecule has 0 aromatic carbocycles. The van der Waals surface area contributed by atoms with Gasteiger partial charge in [-0.25, -0.2) is 0 Å². The number of hydrogen-bond acceptors (Lipinski definition) is 1. The van der Waals surface area contributed by atoms with Crippen molar-refractivity contribution in [2.24, 2.45) is 0 Å². The van der Waals surface area contributed by atoms with Crippen LogP contribution in [0.25, 0.3) is 0 Å². The standard InChI is InChI=1S/C13H23NSe2/c15-13(16)14(11-7-3-1-4-8-11)12-9-5-2-6-10-12/h11-12H,1-10H2,(H,15,16). The van der Waals surface area contributed by atoms with Gasteiger partial charge in [-0.15, -0.1) is 0 Å². The zero-order chi connectivity index (χ0) is 11.4. The Morgan fingerprint density at radius 2 is 1.19 bits per heavy atom. The molecule has 0 N–H and O–H groups in total. The van der Waals surface area contributed by atoms with E-state index in [0.29, 0.717) is 0 Å². The van der Waals surface area contributed by atoms with Crippen molar-refractivity contribution >= 4 is 35.0 Å². The summed E-state index contributed by atoms with van der Waals surface area (Å²) in [7, 11) is 0. The van der Waals surface area contributed by atoms with Gasteiger partial charge in [-0.3, -0.25) is 0 Å². The molecule has 2 aliphatic carbocycles. The average molecular weight is 351 g/mol. The van der Waals surface area contributed by atoms with Gasteiger partial charge in [0.15, 0.2) is 0 Å². The second-order valence-corrected chi connectivity index (χ2v) is 8.45. The predicted molar refractivity (Wildman–Crippen MR) is 73.5 cm³/mol. The van der Waals surface area contributed by atoms with E-state index in [1.165, 1.54) is 67.6 Å². The van der Waals surface area contributed by atoms with Crippen LogP contribution in [0.15, 0.2) is 0 Å². The van der Waals surface area contributed by atoms with Crippen LogP contribution in [-0.4, -0.2) is 52.0 Å². The van der Waals surface area contributed by atoms with E-state index >= 15 is 0 Å². The Morgan fingerprint density at radius 1 is 0.812 bits per heavy atom. The van der Waals surface area contributed by atoms with Gasteiger partial charge in [0.2, 0.25) is 0 Å². The molecule has 92 valence electrons. The fraction of sp³-hybridized carbons (Fsp3) is 0.923. The SMILES string of the molecule is [Se]=C([SeH])N(C1CCCCC1)C1CCCCC1. The second-order valence-electron chi connectivity index (χ2n) is 5.27. The van der Waals surface area contributed by atoms with Crippen molar-refractivity contribution in [2.45, 2.75) is 76.3 Å². The number of hydrogen-bond donors (Lipinski definition) is 0. The molecule has 2 rings (SSSR count). The first-order valence-electron chi connectivity index (χ1n) is 6.80. The monoisotopic (exact) mass is 353 g/mol. The Hall–Kier alpha value is 0.709. The molecule has 2 aliphatic rings. The first kappa shape index (κ1) is 13.1. The Morgan fingerprint density at radius 3 is 1.50 bits per heavy atom. The van der Waals surface area contributed by atoms with Crippen LogP contribution in [0.5, 0.6) is 0 Å². The van der Waals surface area contributed by atoms with Crippen molar-refractivity contribution in [3.8, 4) is 0 Å². The maximum atomic E-state index is 3.25. The Bertz CT molecular complexity index is 212. The van der Waals surface area contributed by atoms with E-state index in [-0.39, 0.29) is 0 Å². The molecular formula is C13H23NSe2. The molecule has 0 aromatic heterocycles. The topological polar surface area (TPSA) is 3.24 Å². The minimum atomic E-state index is 0.830. The Balaban J connectivity index is 1.99. The molecule has 16 heavy (non-hydrogen) atoms. The predicted octanol–water partition coefficient (Wildman–Crippen LogP) is 2.11. The summed E-state index contributed by atoms with van der Waals surface area (Å²) in [6.07, 6.45) is 14.3. The van der Waals surface area contributed by atoms with Gasteiger partial charge in [0.05, 0.1) is 0 Å². The van der Waals surface area contributed by atoms with Gasteiger partial charge in [-0.05, 0) is 0 Å². The molecule has 0 aliphatic heterocycles. The molecule has 0 heterocycles. The summed E-state index contributed by atoms with van der Waals surface area (Å²) in [4.78, 5) is 2.72. The summed E-state index contributed by atoms with van der Waals surface area (Å²) < 4.78 is 1.38. The first-order chi connectivity index (χ1) is 7.79. The van der Waals surface area contributed by atoms with Crippen LogP contribution >= 0.6 is 0 Å². The third-order valence-electron chi connectivity index (χ3n) is 4.16. The van der Waals surface area contributed by atoms with Crippen LogP contribution in [0.2, 0.25) is 0 Å². The number of nitrogens with zero attached hydrogens (tertiary/aromatic N) is 1. The molecule has 0 unspecified atom stereocenters. The van der Waals surface area contributed by atoms with E-state index in [9.17, 15) is 0 Å². The van der Waals surface area contributed by atoms with E-state index < -0.39 is 0 Å². The van der Waals surface area contributed by atoms with Gasteiger partial charge in [-0.1, -0.05) is 0 Å². The third kappa shape index (κ3) is 3.35. The van der Waals surface area contributed by atoms with Crippen molar-refractivity contribution in [3.63, 3.8) is 0 Å². The summed E-state index contributed by atoms with van der Waals surface area (Å²) in [5, 5.41) is 0. The third-order valence-corrected chi connectivity index (χ3v) is 5.08. The molecule has 0 atom stereocenters. The van der Waals surface area contributed by atoms with Crippen molar-refractivity contribution in [1.82, 2.24) is 4.90 Å². The number of rotatable bonds is 3. The Kier molecular flexibility index (Phi) is 5.42. The first-order valence-corrected chi connectivity index (χ1v) is 8.60. The van der Waals surface area contributed by atoms with Gasteiger partial charge in [-0.2, -0.15) is 0 Å². The fourth-order valence-corrected chi connectivity index (χ4v) is 4.64. The molecule has 1 nitrogen and oxygen atoms in total. The zero-order valence-electron chi connectivity index (χ0n) is 10.0. The normalized spacial score (nSPS) is 24.3. The van der Waals surface area contributed by atoms with E-state index in [4.69, 9.17) is 0 Å². The van der Waals surface area contributed by atoms with E-state index in [2.05, 4.69) is 36.5 Å². The van der Waals surface area contributed by atoms with Gasteiger partial charge in [0.25, 0.3) is 0 Å². The summed E-state index contributed by atoms with van der Waals surface area (Å²) in [6.45, 7) is 0. The van der Waals surface area contributed by atoms with Gasteiger partial charge >= 0.3 is 116 Å². The molecule has 0 spiro atoms.